The highest BCUT2D eigenvalue weighted by Gasteiger charge is 2.16. The van der Waals surface area contributed by atoms with Crippen molar-refractivity contribution in [2.75, 3.05) is 13.1 Å². The van der Waals surface area contributed by atoms with E-state index in [0.29, 0.717) is 0 Å². The van der Waals surface area contributed by atoms with Crippen LogP contribution < -0.4 is 0 Å². The second kappa shape index (κ2) is 6.26. The number of hydrogen-bond donors (Lipinski definition) is 0. The van der Waals surface area contributed by atoms with Gasteiger partial charge >= 0.3 is 0 Å². The lowest BCUT2D eigenvalue weighted by atomic mass is 10.1. The van der Waals surface area contributed by atoms with Gasteiger partial charge in [0.15, 0.2) is 0 Å². The minimum atomic E-state index is 1.01. The van der Waals surface area contributed by atoms with E-state index in [2.05, 4.69) is 66.4 Å². The summed E-state index contributed by atoms with van der Waals surface area (Å²) in [6.45, 7) is 5.29. The first-order valence-electron chi connectivity index (χ1n) is 8.11. The molecule has 1 aromatic heterocycles. The first-order valence-corrected chi connectivity index (χ1v) is 8.92. The molecule has 0 radical (unpaired) electrons. The van der Waals surface area contributed by atoms with Crippen molar-refractivity contribution < 1.29 is 0 Å². The molecule has 0 unspecified atom stereocenters. The normalized spacial score (nSPS) is 15.8. The predicted octanol–water partition coefficient (Wildman–Crippen LogP) is 4.89. The predicted molar refractivity (Wildman–Crippen MR) is 98.7 cm³/mol. The van der Waals surface area contributed by atoms with Crippen LogP contribution in [0.2, 0.25) is 0 Å². The fraction of sp³-hybridized carbons (Fsp3) is 0.250. The van der Waals surface area contributed by atoms with E-state index in [1.54, 1.807) is 0 Å². The largest absolute Gasteiger partial charge is 0.295 e. The van der Waals surface area contributed by atoms with Crippen LogP contribution in [0.3, 0.4) is 0 Å². The van der Waals surface area contributed by atoms with Gasteiger partial charge in [0.05, 0.1) is 10.2 Å². The van der Waals surface area contributed by atoms with Crippen molar-refractivity contribution in [1.29, 1.82) is 0 Å². The van der Waals surface area contributed by atoms with Crippen LogP contribution in [0.4, 0.5) is 0 Å². The monoisotopic (exact) mass is 320 g/mol. The summed E-state index contributed by atoms with van der Waals surface area (Å²) in [5.74, 6) is 0. The van der Waals surface area contributed by atoms with Crippen molar-refractivity contribution in [3.05, 3.63) is 70.7 Å². The van der Waals surface area contributed by atoms with Gasteiger partial charge in [0.1, 0.15) is 5.01 Å². The Bertz CT molecular complexity index is 812. The Kier molecular flexibility index (Phi) is 3.98. The molecular weight excluding hydrogens is 300 g/mol. The number of nitrogens with zero attached hydrogens (tertiary/aromatic N) is 2. The van der Waals surface area contributed by atoms with Gasteiger partial charge < -0.3 is 0 Å². The van der Waals surface area contributed by atoms with Gasteiger partial charge in [-0.3, -0.25) is 4.90 Å². The first kappa shape index (κ1) is 14.6. The number of para-hydroxylation sites is 1. The van der Waals surface area contributed by atoms with Crippen LogP contribution in [-0.4, -0.2) is 23.0 Å². The van der Waals surface area contributed by atoms with Gasteiger partial charge in [-0.15, -0.1) is 11.3 Å². The minimum Gasteiger partial charge on any atom is -0.295 e. The van der Waals surface area contributed by atoms with Gasteiger partial charge in [-0.1, -0.05) is 48.0 Å². The number of thiazole rings is 1. The molecule has 0 saturated carbocycles. The Hall–Kier alpha value is -1.97. The van der Waals surface area contributed by atoms with Gasteiger partial charge in [0, 0.05) is 19.6 Å². The smallest absolute Gasteiger partial charge is 0.120 e. The molecule has 0 fully saturated rings. The Morgan fingerprint density at radius 1 is 1.09 bits per heavy atom. The van der Waals surface area contributed by atoms with Crippen molar-refractivity contribution in [2.24, 2.45) is 0 Å². The molecule has 0 atom stereocenters. The van der Waals surface area contributed by atoms with Crippen molar-refractivity contribution in [1.82, 2.24) is 9.88 Å². The van der Waals surface area contributed by atoms with Crippen molar-refractivity contribution >= 4 is 27.1 Å². The van der Waals surface area contributed by atoms with Crippen LogP contribution in [0.1, 0.15) is 22.6 Å². The zero-order valence-corrected chi connectivity index (χ0v) is 14.1. The molecule has 1 aliphatic heterocycles. The third kappa shape index (κ3) is 3.21. The number of rotatable bonds is 3. The standard InChI is InChI=1S/C20H20N2S/c1-15-6-8-16(9-7-15)14-22-12-10-17(11-13-22)20-21-18-4-2-3-5-19(18)23-20/h2-10H,11-14H2,1H3. The van der Waals surface area contributed by atoms with Crippen LogP contribution >= 0.6 is 11.3 Å². The van der Waals surface area contributed by atoms with Crippen LogP contribution in [0.5, 0.6) is 0 Å². The molecule has 2 nitrogen and oxygen atoms in total. The molecule has 3 aromatic rings. The van der Waals surface area contributed by atoms with E-state index in [0.717, 1.165) is 31.6 Å². The highest BCUT2D eigenvalue weighted by molar-refractivity contribution is 7.19. The number of fused-ring (bicyclic) bond motifs is 1. The van der Waals surface area contributed by atoms with Crippen molar-refractivity contribution in [3.63, 3.8) is 0 Å². The van der Waals surface area contributed by atoms with Crippen LogP contribution in [0.15, 0.2) is 54.6 Å². The molecule has 0 aliphatic carbocycles. The second-order valence-electron chi connectivity index (χ2n) is 6.19. The van der Waals surface area contributed by atoms with E-state index in [-0.39, 0.29) is 0 Å². The number of hydrogen-bond acceptors (Lipinski definition) is 3. The summed E-state index contributed by atoms with van der Waals surface area (Å²) in [4.78, 5) is 7.29. The second-order valence-corrected chi connectivity index (χ2v) is 7.22. The zero-order valence-electron chi connectivity index (χ0n) is 13.3. The van der Waals surface area contributed by atoms with Crippen LogP contribution in [0.25, 0.3) is 15.8 Å². The molecule has 23 heavy (non-hydrogen) atoms. The van der Waals surface area contributed by atoms with E-state index in [1.807, 2.05) is 11.3 Å². The van der Waals surface area contributed by atoms with E-state index in [4.69, 9.17) is 4.98 Å². The van der Waals surface area contributed by atoms with E-state index >= 15 is 0 Å². The summed E-state index contributed by atoms with van der Waals surface area (Å²) < 4.78 is 1.28. The topological polar surface area (TPSA) is 16.1 Å². The summed E-state index contributed by atoms with van der Waals surface area (Å²) in [5.41, 5.74) is 5.25. The molecule has 0 bridgehead atoms. The zero-order chi connectivity index (χ0) is 15.6. The minimum absolute atomic E-state index is 1.01. The van der Waals surface area contributed by atoms with Gasteiger partial charge in [-0.2, -0.15) is 0 Å². The quantitative estimate of drug-likeness (QED) is 0.683. The highest BCUT2D eigenvalue weighted by Crippen LogP contribution is 2.30. The molecule has 4 rings (SSSR count). The third-order valence-corrected chi connectivity index (χ3v) is 5.50. The Labute approximate surface area is 141 Å². The summed E-state index contributed by atoms with van der Waals surface area (Å²) in [7, 11) is 0. The van der Waals surface area contributed by atoms with Gasteiger partial charge in [0.25, 0.3) is 0 Å². The molecule has 3 heteroatoms. The van der Waals surface area contributed by atoms with E-state index in [9.17, 15) is 0 Å². The lowest BCUT2D eigenvalue weighted by Crippen LogP contribution is -2.27. The third-order valence-electron chi connectivity index (χ3n) is 4.39. The Balaban J connectivity index is 1.47. The van der Waals surface area contributed by atoms with Gasteiger partial charge in [-0.25, -0.2) is 4.98 Å². The summed E-state index contributed by atoms with van der Waals surface area (Å²) in [5, 5.41) is 1.20. The maximum atomic E-state index is 4.79. The van der Waals surface area contributed by atoms with E-state index in [1.165, 1.54) is 26.4 Å². The fourth-order valence-electron chi connectivity index (χ4n) is 3.01. The molecule has 0 amide bonds. The van der Waals surface area contributed by atoms with Gasteiger partial charge in [0.2, 0.25) is 0 Å². The highest BCUT2D eigenvalue weighted by atomic mass is 32.1. The summed E-state index contributed by atoms with van der Waals surface area (Å²) in [6.07, 6.45) is 3.45. The lowest BCUT2D eigenvalue weighted by molar-refractivity contribution is 0.294. The van der Waals surface area contributed by atoms with Crippen LogP contribution in [0, 0.1) is 6.92 Å². The molecule has 0 spiro atoms. The molecule has 0 saturated heterocycles. The molecular formula is C20H20N2S. The number of aryl methyl sites for hydroxylation is 1. The first-order chi connectivity index (χ1) is 11.3. The maximum Gasteiger partial charge on any atom is 0.120 e. The van der Waals surface area contributed by atoms with Gasteiger partial charge in [-0.05, 0) is 36.6 Å². The molecule has 1 aliphatic rings. The number of aromatic nitrogens is 1. The molecule has 0 N–H and O–H groups in total. The molecule has 116 valence electrons. The fourth-order valence-corrected chi connectivity index (χ4v) is 4.04. The Morgan fingerprint density at radius 2 is 1.91 bits per heavy atom. The van der Waals surface area contributed by atoms with Crippen molar-refractivity contribution in [3.8, 4) is 0 Å². The average molecular weight is 320 g/mol. The number of benzene rings is 2. The van der Waals surface area contributed by atoms with Crippen LogP contribution in [-0.2, 0) is 6.54 Å². The maximum absolute atomic E-state index is 4.79. The average Bonchev–Trinajstić information content (AvgIpc) is 3.02. The Morgan fingerprint density at radius 3 is 2.65 bits per heavy atom. The summed E-state index contributed by atoms with van der Waals surface area (Å²) >= 11 is 1.81. The summed E-state index contributed by atoms with van der Waals surface area (Å²) in [6, 6.07) is 17.3. The lowest BCUT2D eigenvalue weighted by Gasteiger charge is -2.25. The SMILES string of the molecule is Cc1ccc(CN2CC=C(c3nc4ccccc4s3)CC2)cc1. The van der Waals surface area contributed by atoms with Crippen molar-refractivity contribution in [2.45, 2.75) is 19.9 Å². The molecule has 2 heterocycles. The molecule has 2 aromatic carbocycles. The van der Waals surface area contributed by atoms with E-state index < -0.39 is 0 Å².